The standard InChI is InChI=1S/C24H25N5O2S/c1-15(2)12-20(22-27-18-10-6-7-11-19(18)28-22)26-21(30)13-17-14-32-24(25-17)29-23(31)16-8-4-3-5-9-16/h3-11,14-15,20H,12-13H2,1-2H3,(H,26,30)(H,27,28)(H,25,29,31). The number of H-pyrrole nitrogens is 1. The summed E-state index contributed by atoms with van der Waals surface area (Å²) in [6.07, 6.45) is 0.896. The molecule has 2 aromatic heterocycles. The predicted molar refractivity (Wildman–Crippen MR) is 127 cm³/mol. The highest BCUT2D eigenvalue weighted by atomic mass is 32.1. The predicted octanol–water partition coefficient (Wildman–Crippen LogP) is 4.72. The zero-order valence-electron chi connectivity index (χ0n) is 18.0. The minimum atomic E-state index is -0.224. The minimum Gasteiger partial charge on any atom is -0.346 e. The summed E-state index contributed by atoms with van der Waals surface area (Å²) < 4.78 is 0. The molecule has 3 N–H and O–H groups in total. The maximum Gasteiger partial charge on any atom is 0.257 e. The van der Waals surface area contributed by atoms with E-state index in [9.17, 15) is 9.59 Å². The number of hydrogen-bond acceptors (Lipinski definition) is 5. The van der Waals surface area contributed by atoms with Crippen molar-refractivity contribution in [1.29, 1.82) is 0 Å². The Balaban J connectivity index is 1.40. The molecule has 0 aliphatic heterocycles. The summed E-state index contributed by atoms with van der Waals surface area (Å²) in [6, 6.07) is 16.6. The monoisotopic (exact) mass is 447 g/mol. The number of aromatic nitrogens is 3. The number of benzene rings is 2. The van der Waals surface area contributed by atoms with Gasteiger partial charge in [-0.05, 0) is 36.6 Å². The van der Waals surface area contributed by atoms with Crippen molar-refractivity contribution in [2.24, 2.45) is 5.92 Å². The molecule has 4 rings (SSSR count). The van der Waals surface area contributed by atoms with Crippen molar-refractivity contribution in [3.63, 3.8) is 0 Å². The van der Waals surface area contributed by atoms with Crippen LogP contribution in [0.25, 0.3) is 11.0 Å². The lowest BCUT2D eigenvalue weighted by Crippen LogP contribution is -2.31. The number of nitrogens with one attached hydrogen (secondary N) is 3. The number of thiazole rings is 1. The van der Waals surface area contributed by atoms with E-state index in [1.807, 2.05) is 42.5 Å². The average molecular weight is 448 g/mol. The van der Waals surface area contributed by atoms with Crippen LogP contribution in [0, 0.1) is 5.92 Å². The maximum atomic E-state index is 12.8. The third-order valence-corrected chi connectivity index (χ3v) is 5.74. The SMILES string of the molecule is CC(C)CC(NC(=O)Cc1csc(NC(=O)c2ccccc2)n1)c1nc2ccccc2[nH]1. The van der Waals surface area contributed by atoms with Crippen LogP contribution in [-0.2, 0) is 11.2 Å². The molecule has 0 spiro atoms. The van der Waals surface area contributed by atoms with Crippen molar-refractivity contribution in [2.45, 2.75) is 32.7 Å². The number of carbonyl (C=O) groups excluding carboxylic acids is 2. The molecule has 4 aromatic rings. The van der Waals surface area contributed by atoms with Gasteiger partial charge in [-0.15, -0.1) is 11.3 Å². The Morgan fingerprint density at radius 3 is 2.53 bits per heavy atom. The molecular weight excluding hydrogens is 422 g/mol. The topological polar surface area (TPSA) is 99.8 Å². The number of amides is 2. The van der Waals surface area contributed by atoms with E-state index >= 15 is 0 Å². The summed E-state index contributed by atoms with van der Waals surface area (Å²) in [5.41, 5.74) is 3.00. The maximum absolute atomic E-state index is 12.8. The fourth-order valence-electron chi connectivity index (χ4n) is 3.46. The molecule has 1 atom stereocenters. The Kier molecular flexibility index (Phi) is 6.61. The Labute approximate surface area is 190 Å². The second kappa shape index (κ2) is 9.74. The van der Waals surface area contributed by atoms with Crippen LogP contribution >= 0.6 is 11.3 Å². The van der Waals surface area contributed by atoms with Gasteiger partial charge in [0.2, 0.25) is 5.91 Å². The van der Waals surface area contributed by atoms with Gasteiger partial charge < -0.3 is 10.3 Å². The summed E-state index contributed by atoms with van der Waals surface area (Å²) in [5.74, 6) is 0.773. The number of rotatable bonds is 8. The molecule has 0 aliphatic rings. The molecule has 164 valence electrons. The highest BCUT2D eigenvalue weighted by molar-refractivity contribution is 7.14. The van der Waals surface area contributed by atoms with Gasteiger partial charge in [-0.2, -0.15) is 0 Å². The van der Waals surface area contributed by atoms with E-state index in [0.717, 1.165) is 23.3 Å². The zero-order valence-corrected chi connectivity index (χ0v) is 18.8. The van der Waals surface area contributed by atoms with Crippen LogP contribution in [0.15, 0.2) is 60.0 Å². The Morgan fingerprint density at radius 1 is 1.03 bits per heavy atom. The van der Waals surface area contributed by atoms with Gasteiger partial charge in [-0.1, -0.05) is 44.2 Å². The molecule has 2 heterocycles. The van der Waals surface area contributed by atoms with Crippen molar-refractivity contribution >= 4 is 39.3 Å². The van der Waals surface area contributed by atoms with Crippen molar-refractivity contribution in [3.05, 3.63) is 77.1 Å². The molecule has 0 radical (unpaired) electrons. The second-order valence-corrected chi connectivity index (χ2v) is 8.89. The van der Waals surface area contributed by atoms with Crippen LogP contribution in [0.1, 0.15) is 48.2 Å². The molecule has 1 unspecified atom stereocenters. The number of anilines is 1. The van der Waals surface area contributed by atoms with Gasteiger partial charge in [0.1, 0.15) is 5.82 Å². The lowest BCUT2D eigenvalue weighted by atomic mass is 10.0. The van der Waals surface area contributed by atoms with Crippen LogP contribution in [0.5, 0.6) is 0 Å². The summed E-state index contributed by atoms with van der Waals surface area (Å²) >= 11 is 1.30. The third kappa shape index (κ3) is 5.39. The van der Waals surface area contributed by atoms with Gasteiger partial charge in [0.25, 0.3) is 5.91 Å². The number of carbonyl (C=O) groups is 2. The largest absolute Gasteiger partial charge is 0.346 e. The van der Waals surface area contributed by atoms with Crippen molar-refractivity contribution in [2.75, 3.05) is 5.32 Å². The Bertz CT molecular complexity index is 1180. The minimum absolute atomic E-state index is 0.131. The fourth-order valence-corrected chi connectivity index (χ4v) is 4.17. The number of fused-ring (bicyclic) bond motifs is 1. The Morgan fingerprint density at radius 2 is 1.78 bits per heavy atom. The van der Waals surface area contributed by atoms with Crippen LogP contribution < -0.4 is 10.6 Å². The van der Waals surface area contributed by atoms with Gasteiger partial charge in [0.15, 0.2) is 5.13 Å². The number of para-hydroxylation sites is 2. The molecule has 2 amide bonds. The zero-order chi connectivity index (χ0) is 22.5. The van der Waals surface area contributed by atoms with Gasteiger partial charge in [-0.3, -0.25) is 14.9 Å². The quantitative estimate of drug-likeness (QED) is 0.364. The third-order valence-electron chi connectivity index (χ3n) is 4.93. The number of nitrogens with zero attached hydrogens (tertiary/aromatic N) is 2. The second-order valence-electron chi connectivity index (χ2n) is 8.03. The van der Waals surface area contributed by atoms with E-state index < -0.39 is 0 Å². The molecule has 0 saturated heterocycles. The lowest BCUT2D eigenvalue weighted by molar-refractivity contribution is -0.121. The van der Waals surface area contributed by atoms with Crippen molar-refractivity contribution in [1.82, 2.24) is 20.3 Å². The Hall–Kier alpha value is -3.52. The summed E-state index contributed by atoms with van der Waals surface area (Å²) in [7, 11) is 0. The van der Waals surface area contributed by atoms with Crippen LogP contribution in [0.3, 0.4) is 0 Å². The van der Waals surface area contributed by atoms with Crippen LogP contribution in [0.4, 0.5) is 5.13 Å². The molecule has 8 heteroatoms. The van der Waals surface area contributed by atoms with Gasteiger partial charge in [0, 0.05) is 10.9 Å². The number of imidazole rings is 1. The van der Waals surface area contributed by atoms with Crippen LogP contribution in [0.2, 0.25) is 0 Å². The first kappa shape index (κ1) is 21.7. The van der Waals surface area contributed by atoms with Crippen LogP contribution in [-0.4, -0.2) is 26.8 Å². The van der Waals surface area contributed by atoms with E-state index in [0.29, 0.717) is 22.3 Å². The van der Waals surface area contributed by atoms with Gasteiger partial charge >= 0.3 is 0 Å². The first-order valence-electron chi connectivity index (χ1n) is 10.5. The normalized spacial score (nSPS) is 12.1. The molecular formula is C24H25N5O2S. The smallest absolute Gasteiger partial charge is 0.257 e. The first-order valence-corrected chi connectivity index (χ1v) is 11.4. The number of aromatic amines is 1. The van der Waals surface area contributed by atoms with E-state index in [4.69, 9.17) is 0 Å². The molecule has 2 aromatic carbocycles. The highest BCUT2D eigenvalue weighted by Crippen LogP contribution is 2.23. The molecule has 0 fully saturated rings. The van der Waals surface area contributed by atoms with Gasteiger partial charge in [0.05, 0.1) is 29.2 Å². The molecule has 0 bridgehead atoms. The molecule has 32 heavy (non-hydrogen) atoms. The van der Waals surface area contributed by atoms with E-state index in [1.165, 1.54) is 11.3 Å². The first-order chi connectivity index (χ1) is 15.5. The van der Waals surface area contributed by atoms with Crippen molar-refractivity contribution < 1.29 is 9.59 Å². The summed E-state index contributed by atoms with van der Waals surface area (Å²) in [4.78, 5) is 37.4. The highest BCUT2D eigenvalue weighted by Gasteiger charge is 2.20. The summed E-state index contributed by atoms with van der Waals surface area (Å²) in [5, 5.41) is 8.14. The van der Waals surface area contributed by atoms with E-state index in [2.05, 4.69) is 39.4 Å². The number of hydrogen-bond donors (Lipinski definition) is 3. The lowest BCUT2D eigenvalue weighted by Gasteiger charge is -2.18. The van der Waals surface area contributed by atoms with Crippen molar-refractivity contribution in [3.8, 4) is 0 Å². The average Bonchev–Trinajstić information content (AvgIpc) is 3.40. The molecule has 0 aliphatic carbocycles. The van der Waals surface area contributed by atoms with E-state index in [1.54, 1.807) is 17.5 Å². The van der Waals surface area contributed by atoms with Gasteiger partial charge in [-0.25, -0.2) is 9.97 Å². The summed E-state index contributed by atoms with van der Waals surface area (Å²) in [6.45, 7) is 4.23. The molecule has 0 saturated carbocycles. The molecule has 7 nitrogen and oxygen atoms in total. The van der Waals surface area contributed by atoms with E-state index in [-0.39, 0.29) is 24.3 Å². The fraction of sp³-hybridized carbons (Fsp3) is 0.250.